The van der Waals surface area contributed by atoms with Gasteiger partial charge in [-0.25, -0.2) is 9.67 Å². The van der Waals surface area contributed by atoms with Crippen LogP contribution in [0.15, 0.2) is 61.2 Å². The molecule has 1 aliphatic rings. The summed E-state index contributed by atoms with van der Waals surface area (Å²) >= 11 is 0. The summed E-state index contributed by atoms with van der Waals surface area (Å²) in [5.41, 5.74) is 4.48. The van der Waals surface area contributed by atoms with Gasteiger partial charge in [0.25, 0.3) is 5.91 Å². The summed E-state index contributed by atoms with van der Waals surface area (Å²) in [4.78, 5) is 16.8. The summed E-state index contributed by atoms with van der Waals surface area (Å²) in [5.74, 6) is -0.00472. The Kier molecular flexibility index (Phi) is 5.74. The Hall–Kier alpha value is -2.95. The Labute approximate surface area is 172 Å². The summed E-state index contributed by atoms with van der Waals surface area (Å²) in [6.45, 7) is 3.48. The lowest BCUT2D eigenvalue weighted by molar-refractivity contribution is 0.0936. The fraction of sp³-hybridized carbons (Fsp3) is 0.375. The summed E-state index contributed by atoms with van der Waals surface area (Å²) in [6, 6.07) is 16.5. The maximum absolute atomic E-state index is 12.8. The number of amides is 1. The van der Waals surface area contributed by atoms with Crippen LogP contribution in [-0.4, -0.2) is 27.2 Å². The van der Waals surface area contributed by atoms with Crippen LogP contribution < -0.4 is 5.32 Å². The first-order valence-electron chi connectivity index (χ1n) is 10.4. The largest absolute Gasteiger partial charge is 0.351 e. The molecule has 150 valence electrons. The molecule has 0 unspecified atom stereocenters. The van der Waals surface area contributed by atoms with Crippen LogP contribution in [0.2, 0.25) is 0 Å². The van der Waals surface area contributed by atoms with Crippen molar-refractivity contribution in [1.82, 2.24) is 20.1 Å². The van der Waals surface area contributed by atoms with E-state index < -0.39 is 0 Å². The van der Waals surface area contributed by atoms with Gasteiger partial charge in [0.05, 0.1) is 6.54 Å². The van der Waals surface area contributed by atoms with E-state index in [0.717, 1.165) is 18.4 Å². The molecule has 1 saturated carbocycles. The Bertz CT molecular complexity index is 941. The smallest absolute Gasteiger partial charge is 0.251 e. The van der Waals surface area contributed by atoms with Gasteiger partial charge < -0.3 is 5.32 Å². The molecule has 3 aromatic rings. The molecule has 0 aliphatic heterocycles. The van der Waals surface area contributed by atoms with Crippen LogP contribution in [0.1, 0.15) is 59.2 Å². The van der Waals surface area contributed by atoms with Gasteiger partial charge in [-0.3, -0.25) is 4.79 Å². The van der Waals surface area contributed by atoms with Crippen molar-refractivity contribution in [2.75, 3.05) is 6.54 Å². The van der Waals surface area contributed by atoms with E-state index in [1.807, 2.05) is 24.3 Å². The summed E-state index contributed by atoms with van der Waals surface area (Å²) in [7, 11) is 0. The van der Waals surface area contributed by atoms with Crippen molar-refractivity contribution >= 4 is 5.91 Å². The first kappa shape index (κ1) is 19.4. The highest BCUT2D eigenvalue weighted by atomic mass is 16.1. The minimum absolute atomic E-state index is 0.00472. The molecule has 0 bridgehead atoms. The number of hydrogen-bond donors (Lipinski definition) is 1. The molecule has 1 heterocycles. The van der Waals surface area contributed by atoms with Crippen LogP contribution >= 0.6 is 0 Å². The van der Waals surface area contributed by atoms with E-state index in [9.17, 15) is 4.79 Å². The molecule has 1 N–H and O–H groups in total. The number of carbonyl (C=O) groups is 1. The van der Waals surface area contributed by atoms with Gasteiger partial charge >= 0.3 is 0 Å². The van der Waals surface area contributed by atoms with Crippen LogP contribution in [0.3, 0.4) is 0 Å². The number of hydrogen-bond acceptors (Lipinski definition) is 3. The molecule has 0 atom stereocenters. The maximum atomic E-state index is 12.8. The van der Waals surface area contributed by atoms with Gasteiger partial charge in [-0.1, -0.05) is 61.2 Å². The van der Waals surface area contributed by atoms with Crippen LogP contribution in [0.5, 0.6) is 0 Å². The molecule has 0 radical (unpaired) electrons. The predicted molar refractivity (Wildman–Crippen MR) is 114 cm³/mol. The number of nitrogens with zero attached hydrogens (tertiary/aromatic N) is 3. The Morgan fingerprint density at radius 1 is 1.10 bits per heavy atom. The van der Waals surface area contributed by atoms with Crippen molar-refractivity contribution in [2.45, 2.75) is 51.0 Å². The lowest BCUT2D eigenvalue weighted by Gasteiger charge is -2.38. The maximum Gasteiger partial charge on any atom is 0.251 e. The number of aryl methyl sites for hydroxylation is 1. The molecule has 4 rings (SSSR count). The molecule has 0 saturated heterocycles. The SMILES string of the molecule is Cc1cccc(C2(CNC(=O)c3ccc(Cn4cncn4)cc3)CCCCC2)c1. The number of benzene rings is 2. The highest BCUT2D eigenvalue weighted by Crippen LogP contribution is 2.39. The lowest BCUT2D eigenvalue weighted by Crippen LogP contribution is -2.42. The topological polar surface area (TPSA) is 59.8 Å². The van der Waals surface area contributed by atoms with E-state index >= 15 is 0 Å². The fourth-order valence-corrected chi connectivity index (χ4v) is 4.39. The molecule has 5 heteroatoms. The molecule has 2 aromatic carbocycles. The molecular formula is C24H28N4O. The van der Waals surface area contributed by atoms with Crippen molar-refractivity contribution in [3.63, 3.8) is 0 Å². The van der Waals surface area contributed by atoms with Gasteiger partial charge in [-0.2, -0.15) is 5.10 Å². The van der Waals surface area contributed by atoms with E-state index in [-0.39, 0.29) is 11.3 Å². The van der Waals surface area contributed by atoms with Gasteiger partial charge in [0.15, 0.2) is 0 Å². The average molecular weight is 389 g/mol. The van der Waals surface area contributed by atoms with Crippen molar-refractivity contribution in [3.05, 3.63) is 83.4 Å². The van der Waals surface area contributed by atoms with Gasteiger partial charge in [0.1, 0.15) is 12.7 Å². The van der Waals surface area contributed by atoms with Crippen LogP contribution in [0.25, 0.3) is 0 Å². The number of carbonyl (C=O) groups excluding carboxylic acids is 1. The third-order valence-corrected chi connectivity index (χ3v) is 6.06. The van der Waals surface area contributed by atoms with E-state index in [4.69, 9.17) is 0 Å². The van der Waals surface area contributed by atoms with E-state index in [1.54, 1.807) is 11.0 Å². The Morgan fingerprint density at radius 3 is 2.59 bits per heavy atom. The second-order valence-electron chi connectivity index (χ2n) is 8.18. The average Bonchev–Trinajstić information content (AvgIpc) is 3.26. The van der Waals surface area contributed by atoms with E-state index in [0.29, 0.717) is 18.7 Å². The minimum Gasteiger partial charge on any atom is -0.351 e. The molecular weight excluding hydrogens is 360 g/mol. The van der Waals surface area contributed by atoms with Crippen LogP contribution in [0.4, 0.5) is 0 Å². The third-order valence-electron chi connectivity index (χ3n) is 6.06. The minimum atomic E-state index is -0.00472. The lowest BCUT2D eigenvalue weighted by atomic mass is 9.69. The van der Waals surface area contributed by atoms with Gasteiger partial charge in [0.2, 0.25) is 0 Å². The molecule has 1 amide bonds. The first-order chi connectivity index (χ1) is 14.1. The van der Waals surface area contributed by atoms with Crippen LogP contribution in [0, 0.1) is 6.92 Å². The van der Waals surface area contributed by atoms with E-state index in [1.165, 1.54) is 36.7 Å². The number of rotatable bonds is 6. The molecule has 1 aliphatic carbocycles. The summed E-state index contributed by atoms with van der Waals surface area (Å²) in [6.07, 6.45) is 9.21. The van der Waals surface area contributed by atoms with Crippen molar-refractivity contribution in [1.29, 1.82) is 0 Å². The second-order valence-corrected chi connectivity index (χ2v) is 8.18. The quantitative estimate of drug-likeness (QED) is 0.686. The third kappa shape index (κ3) is 4.56. The standard InChI is InChI=1S/C24H28N4O/c1-19-6-5-7-22(14-19)24(12-3-2-4-13-24)16-26-23(29)21-10-8-20(9-11-21)15-28-18-25-17-27-28/h5-11,14,17-18H,2-4,12-13,15-16H2,1H3,(H,26,29). The van der Waals surface area contributed by atoms with Crippen molar-refractivity contribution in [3.8, 4) is 0 Å². The van der Waals surface area contributed by atoms with Gasteiger partial charge in [-0.15, -0.1) is 0 Å². The number of nitrogens with one attached hydrogen (secondary N) is 1. The summed E-state index contributed by atoms with van der Waals surface area (Å²) < 4.78 is 1.77. The van der Waals surface area contributed by atoms with Gasteiger partial charge in [0, 0.05) is 17.5 Å². The number of aromatic nitrogens is 3. The van der Waals surface area contributed by atoms with Gasteiger partial charge in [-0.05, 0) is 43.0 Å². The van der Waals surface area contributed by atoms with Crippen LogP contribution in [-0.2, 0) is 12.0 Å². The monoisotopic (exact) mass is 388 g/mol. The van der Waals surface area contributed by atoms with Crippen molar-refractivity contribution < 1.29 is 4.79 Å². The first-order valence-corrected chi connectivity index (χ1v) is 10.4. The predicted octanol–water partition coefficient (Wildman–Crippen LogP) is 4.27. The van der Waals surface area contributed by atoms with Crippen molar-refractivity contribution in [2.24, 2.45) is 0 Å². The fourth-order valence-electron chi connectivity index (χ4n) is 4.39. The molecule has 1 fully saturated rings. The Balaban J connectivity index is 1.44. The van der Waals surface area contributed by atoms with E-state index in [2.05, 4.69) is 46.6 Å². The zero-order chi connectivity index (χ0) is 20.1. The highest BCUT2D eigenvalue weighted by Gasteiger charge is 2.34. The zero-order valence-electron chi connectivity index (χ0n) is 17.0. The zero-order valence-corrected chi connectivity index (χ0v) is 17.0. The molecule has 1 aromatic heterocycles. The summed E-state index contributed by atoms with van der Waals surface area (Å²) in [5, 5.41) is 7.35. The molecule has 29 heavy (non-hydrogen) atoms. The Morgan fingerprint density at radius 2 is 1.90 bits per heavy atom. The molecule has 5 nitrogen and oxygen atoms in total. The normalized spacial score (nSPS) is 15.8. The highest BCUT2D eigenvalue weighted by molar-refractivity contribution is 5.94. The second kappa shape index (κ2) is 8.60. The molecule has 0 spiro atoms.